The lowest BCUT2D eigenvalue weighted by Gasteiger charge is -2.31. The summed E-state index contributed by atoms with van der Waals surface area (Å²) in [5, 5.41) is 5.89. The van der Waals surface area contributed by atoms with E-state index in [0.717, 1.165) is 25.9 Å². The Balaban J connectivity index is 1.58. The van der Waals surface area contributed by atoms with Crippen LogP contribution in [0.3, 0.4) is 0 Å². The van der Waals surface area contributed by atoms with Crippen molar-refractivity contribution in [1.82, 2.24) is 20.4 Å². The second-order valence-electron chi connectivity index (χ2n) is 6.58. The number of hydrogen-bond acceptors (Lipinski definition) is 4. The number of amides is 3. The van der Waals surface area contributed by atoms with Crippen LogP contribution in [0.2, 0.25) is 0 Å². The Morgan fingerprint density at radius 2 is 1.92 bits per heavy atom. The van der Waals surface area contributed by atoms with Gasteiger partial charge in [-0.15, -0.1) is 0 Å². The molecular weight excluding hydrogens is 332 g/mol. The molecule has 0 aliphatic carbocycles. The molecule has 2 rings (SSSR count). The van der Waals surface area contributed by atoms with Gasteiger partial charge in [-0.3, -0.25) is 0 Å². The van der Waals surface area contributed by atoms with E-state index in [1.165, 1.54) is 5.56 Å². The Bertz CT molecular complexity index is 559. The van der Waals surface area contributed by atoms with Gasteiger partial charge < -0.3 is 25.2 Å². The molecule has 1 aliphatic rings. The highest BCUT2D eigenvalue weighted by atomic mass is 16.6. The molecule has 0 aromatic heterocycles. The van der Waals surface area contributed by atoms with Crippen molar-refractivity contribution in [2.24, 2.45) is 0 Å². The Morgan fingerprint density at radius 3 is 2.58 bits per heavy atom. The first-order valence-corrected chi connectivity index (χ1v) is 9.27. The van der Waals surface area contributed by atoms with E-state index in [0.29, 0.717) is 26.2 Å². The van der Waals surface area contributed by atoms with Crippen LogP contribution in [0.1, 0.15) is 25.3 Å². The average Bonchev–Trinajstić information content (AvgIpc) is 2.63. The van der Waals surface area contributed by atoms with Gasteiger partial charge in [-0.1, -0.05) is 30.3 Å². The fourth-order valence-electron chi connectivity index (χ4n) is 2.99. The first-order chi connectivity index (χ1) is 12.6. The molecule has 0 bridgehead atoms. The van der Waals surface area contributed by atoms with Crippen molar-refractivity contribution >= 4 is 12.1 Å². The van der Waals surface area contributed by atoms with Gasteiger partial charge in [0.15, 0.2) is 0 Å². The number of ether oxygens (including phenoxy) is 1. The average molecular weight is 362 g/mol. The molecule has 26 heavy (non-hydrogen) atoms. The maximum atomic E-state index is 12.0. The normalized spacial score (nSPS) is 15.0. The van der Waals surface area contributed by atoms with E-state index in [2.05, 4.69) is 27.7 Å². The lowest BCUT2D eigenvalue weighted by atomic mass is 10.1. The zero-order valence-corrected chi connectivity index (χ0v) is 15.7. The third-order valence-corrected chi connectivity index (χ3v) is 4.43. The van der Waals surface area contributed by atoms with Crippen LogP contribution in [0.5, 0.6) is 0 Å². The number of nitrogens with one attached hydrogen (secondary N) is 2. The first-order valence-electron chi connectivity index (χ1n) is 9.27. The number of likely N-dealkylation sites (N-methyl/N-ethyl adjacent to an activating group) is 1. The second-order valence-corrected chi connectivity index (χ2v) is 6.58. The lowest BCUT2D eigenvalue weighted by Crippen LogP contribution is -2.49. The summed E-state index contributed by atoms with van der Waals surface area (Å²) in [4.78, 5) is 27.6. The van der Waals surface area contributed by atoms with Gasteiger partial charge in [-0.25, -0.2) is 9.59 Å². The Morgan fingerprint density at radius 1 is 1.23 bits per heavy atom. The summed E-state index contributed by atoms with van der Waals surface area (Å²) in [7, 11) is 2.04. The number of rotatable bonds is 7. The van der Waals surface area contributed by atoms with Crippen LogP contribution in [0.4, 0.5) is 9.59 Å². The second kappa shape index (κ2) is 10.7. The molecule has 0 radical (unpaired) electrons. The molecule has 0 saturated carbocycles. The van der Waals surface area contributed by atoms with Crippen molar-refractivity contribution in [2.45, 2.75) is 32.4 Å². The molecule has 1 aromatic carbocycles. The molecule has 0 unspecified atom stereocenters. The van der Waals surface area contributed by atoms with Crippen molar-refractivity contribution < 1.29 is 14.3 Å². The van der Waals surface area contributed by atoms with Crippen molar-refractivity contribution in [1.29, 1.82) is 0 Å². The molecule has 144 valence electrons. The van der Waals surface area contributed by atoms with Crippen LogP contribution in [-0.4, -0.2) is 67.8 Å². The number of carbonyl (C=O) groups excluding carboxylic acids is 2. The van der Waals surface area contributed by atoms with Crippen LogP contribution < -0.4 is 10.6 Å². The lowest BCUT2D eigenvalue weighted by molar-refractivity contribution is 0.0957. The molecule has 1 aromatic rings. The number of benzene rings is 1. The maximum absolute atomic E-state index is 12.0. The highest BCUT2D eigenvalue weighted by molar-refractivity contribution is 5.74. The summed E-state index contributed by atoms with van der Waals surface area (Å²) in [5.41, 5.74) is 1.26. The monoisotopic (exact) mass is 362 g/mol. The molecule has 1 fully saturated rings. The van der Waals surface area contributed by atoms with E-state index in [1.54, 1.807) is 11.8 Å². The summed E-state index contributed by atoms with van der Waals surface area (Å²) in [5.74, 6) is 0. The molecular formula is C19H30N4O3. The molecule has 7 heteroatoms. The molecule has 1 heterocycles. The van der Waals surface area contributed by atoms with Crippen molar-refractivity contribution in [3.05, 3.63) is 35.9 Å². The Kier molecular flexibility index (Phi) is 8.21. The summed E-state index contributed by atoms with van der Waals surface area (Å²) < 4.78 is 5.00. The molecule has 1 saturated heterocycles. The van der Waals surface area contributed by atoms with Gasteiger partial charge in [-0.2, -0.15) is 0 Å². The molecule has 2 N–H and O–H groups in total. The predicted molar refractivity (Wildman–Crippen MR) is 101 cm³/mol. The number of carbonyl (C=O) groups is 2. The third kappa shape index (κ3) is 6.92. The standard InChI is InChI=1S/C19H30N4O3/c1-3-26-19(25)23-12-9-17(10-13-23)21-18(24)20-11-14-22(2)15-16-7-5-4-6-8-16/h4-8,17H,3,9-15H2,1-2H3,(H2,20,21,24). The van der Waals surface area contributed by atoms with E-state index < -0.39 is 0 Å². The van der Waals surface area contributed by atoms with E-state index in [-0.39, 0.29) is 18.2 Å². The molecule has 3 amide bonds. The smallest absolute Gasteiger partial charge is 0.409 e. The molecule has 1 aliphatic heterocycles. The molecule has 7 nitrogen and oxygen atoms in total. The fourth-order valence-corrected chi connectivity index (χ4v) is 2.99. The van der Waals surface area contributed by atoms with Gasteiger partial charge in [-0.05, 0) is 32.4 Å². The zero-order valence-electron chi connectivity index (χ0n) is 15.7. The van der Waals surface area contributed by atoms with Gasteiger partial charge in [0.05, 0.1) is 6.61 Å². The summed E-state index contributed by atoms with van der Waals surface area (Å²) in [6, 6.07) is 10.2. The number of likely N-dealkylation sites (tertiary alicyclic amines) is 1. The topological polar surface area (TPSA) is 73.9 Å². The highest BCUT2D eigenvalue weighted by Crippen LogP contribution is 2.11. The molecule has 0 atom stereocenters. The van der Waals surface area contributed by atoms with Crippen LogP contribution in [0, 0.1) is 0 Å². The van der Waals surface area contributed by atoms with Crippen LogP contribution >= 0.6 is 0 Å². The van der Waals surface area contributed by atoms with Crippen LogP contribution in [0.25, 0.3) is 0 Å². The van der Waals surface area contributed by atoms with E-state index >= 15 is 0 Å². The van der Waals surface area contributed by atoms with Crippen LogP contribution in [0.15, 0.2) is 30.3 Å². The SMILES string of the molecule is CCOC(=O)N1CCC(NC(=O)NCCN(C)Cc2ccccc2)CC1. The third-order valence-electron chi connectivity index (χ3n) is 4.43. The largest absolute Gasteiger partial charge is 0.450 e. The quantitative estimate of drug-likeness (QED) is 0.778. The zero-order chi connectivity index (χ0) is 18.8. The minimum absolute atomic E-state index is 0.0997. The summed E-state index contributed by atoms with van der Waals surface area (Å²) >= 11 is 0. The van der Waals surface area contributed by atoms with Crippen molar-refractivity contribution in [3.8, 4) is 0 Å². The predicted octanol–water partition coefficient (Wildman–Crippen LogP) is 2.04. The minimum Gasteiger partial charge on any atom is -0.450 e. The number of hydrogen-bond donors (Lipinski definition) is 2. The van der Waals surface area contributed by atoms with E-state index in [4.69, 9.17) is 4.74 Å². The van der Waals surface area contributed by atoms with Gasteiger partial charge >= 0.3 is 12.1 Å². The van der Waals surface area contributed by atoms with Crippen LogP contribution in [-0.2, 0) is 11.3 Å². The summed E-state index contributed by atoms with van der Waals surface area (Å²) in [6.45, 7) is 5.65. The van der Waals surface area contributed by atoms with E-state index in [9.17, 15) is 9.59 Å². The summed E-state index contributed by atoms with van der Waals surface area (Å²) in [6.07, 6.45) is 1.23. The Labute approximate surface area is 155 Å². The van der Waals surface area contributed by atoms with Gasteiger partial charge in [0.2, 0.25) is 0 Å². The highest BCUT2D eigenvalue weighted by Gasteiger charge is 2.24. The van der Waals surface area contributed by atoms with E-state index in [1.807, 2.05) is 25.2 Å². The first kappa shape index (κ1) is 20.0. The van der Waals surface area contributed by atoms with Gasteiger partial charge in [0.1, 0.15) is 0 Å². The van der Waals surface area contributed by atoms with Crippen molar-refractivity contribution in [2.75, 3.05) is 39.8 Å². The number of urea groups is 1. The Hall–Kier alpha value is -2.28. The number of nitrogens with zero attached hydrogens (tertiary/aromatic N) is 2. The van der Waals surface area contributed by atoms with Gasteiger partial charge in [0, 0.05) is 38.8 Å². The number of piperidine rings is 1. The maximum Gasteiger partial charge on any atom is 0.409 e. The minimum atomic E-state index is -0.267. The van der Waals surface area contributed by atoms with Crippen molar-refractivity contribution in [3.63, 3.8) is 0 Å². The fraction of sp³-hybridized carbons (Fsp3) is 0.579. The van der Waals surface area contributed by atoms with Gasteiger partial charge in [0.25, 0.3) is 0 Å². The molecule has 0 spiro atoms.